The van der Waals surface area contributed by atoms with Crippen LogP contribution in [-0.4, -0.2) is 22.2 Å². The molecule has 1 N–H and O–H groups in total. The maximum Gasteiger partial charge on any atom is 0.335 e. The number of aromatic nitrogens is 1. The van der Waals surface area contributed by atoms with Crippen molar-refractivity contribution in [3.63, 3.8) is 0 Å². The van der Waals surface area contributed by atoms with Crippen LogP contribution in [0.3, 0.4) is 0 Å². The normalized spacial score (nSPS) is 15.6. The first-order chi connectivity index (χ1) is 17.6. The fourth-order valence-corrected chi connectivity index (χ4v) is 6.44. The second-order valence-corrected chi connectivity index (χ2v) is 10.4. The van der Waals surface area contributed by atoms with E-state index in [1.54, 1.807) is 6.07 Å². The molecule has 2 heterocycles. The zero-order valence-corrected chi connectivity index (χ0v) is 22.2. The summed E-state index contributed by atoms with van der Waals surface area (Å²) >= 11 is 2.35. The molecule has 6 heteroatoms. The maximum atomic E-state index is 11.8. The Labute approximate surface area is 224 Å². The number of carboxylic acid groups (broad SMARTS) is 1. The van der Waals surface area contributed by atoms with Crippen LogP contribution < -0.4 is 9.47 Å². The molecule has 3 aromatic carbocycles. The third-order valence-corrected chi connectivity index (χ3v) is 8.31. The van der Waals surface area contributed by atoms with Gasteiger partial charge in [0.25, 0.3) is 0 Å². The van der Waals surface area contributed by atoms with Gasteiger partial charge in [-0.1, -0.05) is 66.1 Å². The van der Waals surface area contributed by atoms with E-state index in [0.717, 1.165) is 51.2 Å². The van der Waals surface area contributed by atoms with E-state index in [1.807, 2.05) is 42.5 Å². The van der Waals surface area contributed by atoms with E-state index in [1.165, 1.54) is 35.9 Å². The minimum absolute atomic E-state index is 0.320. The molecule has 0 unspecified atom stereocenters. The first-order valence-electron chi connectivity index (χ1n) is 12.6. The SMILES string of the molecule is O=C(O)c1ccc2c(C3CCCCC3)c3n(c2c1)CCOc1cc(Oc2ccccc2CI)ccc1-3. The van der Waals surface area contributed by atoms with Gasteiger partial charge in [0.05, 0.1) is 17.8 Å². The third kappa shape index (κ3) is 4.15. The van der Waals surface area contributed by atoms with Crippen LogP contribution in [0.25, 0.3) is 22.2 Å². The highest BCUT2D eigenvalue weighted by molar-refractivity contribution is 14.1. The highest BCUT2D eigenvalue weighted by atomic mass is 127. The number of carboxylic acids is 1. The summed E-state index contributed by atoms with van der Waals surface area (Å²) in [5.41, 5.74) is 6.03. The van der Waals surface area contributed by atoms with Crippen molar-refractivity contribution in [1.82, 2.24) is 4.57 Å². The number of carbonyl (C=O) groups is 1. The van der Waals surface area contributed by atoms with Crippen LogP contribution in [0.5, 0.6) is 17.2 Å². The molecule has 0 saturated heterocycles. The number of nitrogens with zero attached hydrogens (tertiary/aromatic N) is 1. The van der Waals surface area contributed by atoms with Gasteiger partial charge in [0, 0.05) is 32.5 Å². The van der Waals surface area contributed by atoms with E-state index in [4.69, 9.17) is 9.47 Å². The standard InChI is InChI=1S/C30H28INO4/c31-18-21-8-4-5-9-26(21)36-22-11-13-24-27(17-22)35-15-14-32-25-16-20(30(33)34)10-12-23(25)28(29(24)32)19-6-2-1-3-7-19/h4-5,8-13,16-17,19H,1-3,6-7,14-15,18H2,(H,33,34). The largest absolute Gasteiger partial charge is 0.491 e. The Bertz CT molecular complexity index is 1450. The van der Waals surface area contributed by atoms with Crippen molar-refractivity contribution in [3.8, 4) is 28.5 Å². The molecule has 6 rings (SSSR count). The summed E-state index contributed by atoms with van der Waals surface area (Å²) in [4.78, 5) is 11.8. The molecular weight excluding hydrogens is 565 g/mol. The van der Waals surface area contributed by atoms with Gasteiger partial charge in [-0.25, -0.2) is 4.79 Å². The second kappa shape index (κ2) is 9.81. The lowest BCUT2D eigenvalue weighted by Crippen LogP contribution is -2.07. The fraction of sp³-hybridized carbons (Fsp3) is 0.300. The number of aromatic carboxylic acids is 1. The lowest BCUT2D eigenvalue weighted by Gasteiger charge is -2.23. The monoisotopic (exact) mass is 593 g/mol. The predicted octanol–water partition coefficient (Wildman–Crippen LogP) is 8.17. The fourth-order valence-electron chi connectivity index (χ4n) is 5.81. The molecule has 0 radical (unpaired) electrons. The van der Waals surface area contributed by atoms with Crippen LogP contribution in [0, 0.1) is 0 Å². The number of hydrogen-bond donors (Lipinski definition) is 1. The molecule has 0 bridgehead atoms. The van der Waals surface area contributed by atoms with Crippen LogP contribution in [0.2, 0.25) is 0 Å². The molecule has 1 aromatic heterocycles. The van der Waals surface area contributed by atoms with Gasteiger partial charge < -0.3 is 19.1 Å². The van der Waals surface area contributed by atoms with Gasteiger partial charge in [-0.05, 0) is 54.7 Å². The predicted molar refractivity (Wildman–Crippen MR) is 150 cm³/mol. The Morgan fingerprint density at radius 3 is 2.69 bits per heavy atom. The van der Waals surface area contributed by atoms with Gasteiger partial charge >= 0.3 is 5.97 Å². The smallest absolute Gasteiger partial charge is 0.335 e. The van der Waals surface area contributed by atoms with E-state index in [9.17, 15) is 9.90 Å². The number of rotatable bonds is 5. The lowest BCUT2D eigenvalue weighted by molar-refractivity contribution is 0.0697. The molecule has 0 amide bonds. The Kier molecular flexibility index (Phi) is 6.37. The summed E-state index contributed by atoms with van der Waals surface area (Å²) in [5.74, 6) is 1.99. The van der Waals surface area contributed by atoms with Gasteiger partial charge in [0.2, 0.25) is 0 Å². The van der Waals surface area contributed by atoms with Crippen LogP contribution in [-0.2, 0) is 11.0 Å². The number of benzene rings is 3. The van der Waals surface area contributed by atoms with Gasteiger partial charge in [0.15, 0.2) is 0 Å². The summed E-state index contributed by atoms with van der Waals surface area (Å²) in [7, 11) is 0. The highest BCUT2D eigenvalue weighted by Gasteiger charge is 2.29. The van der Waals surface area contributed by atoms with Gasteiger partial charge in [-0.15, -0.1) is 0 Å². The Balaban J connectivity index is 1.51. The maximum absolute atomic E-state index is 11.8. The van der Waals surface area contributed by atoms with Crippen molar-refractivity contribution >= 4 is 39.5 Å². The Morgan fingerprint density at radius 2 is 1.89 bits per heavy atom. The molecule has 1 saturated carbocycles. The first-order valence-corrected chi connectivity index (χ1v) is 14.1. The van der Waals surface area contributed by atoms with Crippen molar-refractivity contribution in [3.05, 3.63) is 77.4 Å². The topological polar surface area (TPSA) is 60.7 Å². The van der Waals surface area contributed by atoms with Crippen molar-refractivity contribution in [2.24, 2.45) is 0 Å². The van der Waals surface area contributed by atoms with Crippen LogP contribution in [0.1, 0.15) is 59.5 Å². The van der Waals surface area contributed by atoms with Crippen molar-refractivity contribution in [1.29, 1.82) is 0 Å². The van der Waals surface area contributed by atoms with E-state index in [0.29, 0.717) is 24.6 Å². The number of hydrogen-bond acceptors (Lipinski definition) is 3. The molecule has 1 fully saturated rings. The molecule has 184 valence electrons. The van der Waals surface area contributed by atoms with Gasteiger partial charge in [-0.2, -0.15) is 0 Å². The van der Waals surface area contributed by atoms with Crippen LogP contribution in [0.15, 0.2) is 60.7 Å². The molecule has 2 aliphatic rings. The Hall–Kier alpha value is -3.00. The highest BCUT2D eigenvalue weighted by Crippen LogP contribution is 2.48. The number of para-hydroxylation sites is 1. The third-order valence-electron chi connectivity index (χ3n) is 7.49. The minimum Gasteiger partial charge on any atom is -0.491 e. The van der Waals surface area contributed by atoms with Crippen LogP contribution >= 0.6 is 22.6 Å². The average Bonchev–Trinajstić information content (AvgIpc) is 3.11. The van der Waals surface area contributed by atoms with E-state index >= 15 is 0 Å². The summed E-state index contributed by atoms with van der Waals surface area (Å²) in [6, 6.07) is 19.8. The number of alkyl halides is 1. The van der Waals surface area contributed by atoms with E-state index < -0.39 is 5.97 Å². The van der Waals surface area contributed by atoms with Crippen molar-refractivity contribution in [2.45, 2.75) is 49.0 Å². The molecule has 0 spiro atoms. The zero-order valence-electron chi connectivity index (χ0n) is 20.0. The minimum atomic E-state index is -0.898. The van der Waals surface area contributed by atoms with Crippen molar-refractivity contribution in [2.75, 3.05) is 6.61 Å². The summed E-state index contributed by atoms with van der Waals surface area (Å²) < 4.78 is 15.7. The summed E-state index contributed by atoms with van der Waals surface area (Å²) in [6.45, 7) is 1.18. The Morgan fingerprint density at radius 1 is 1.06 bits per heavy atom. The summed E-state index contributed by atoms with van der Waals surface area (Å²) in [6.07, 6.45) is 6.08. The van der Waals surface area contributed by atoms with Gasteiger partial charge in [-0.3, -0.25) is 0 Å². The second-order valence-electron chi connectivity index (χ2n) is 9.64. The zero-order chi connectivity index (χ0) is 24.6. The average molecular weight is 593 g/mol. The quantitative estimate of drug-likeness (QED) is 0.187. The van der Waals surface area contributed by atoms with E-state index in [2.05, 4.69) is 39.3 Å². The molecule has 1 aliphatic carbocycles. The van der Waals surface area contributed by atoms with Gasteiger partial charge in [0.1, 0.15) is 23.9 Å². The lowest BCUT2D eigenvalue weighted by atomic mass is 9.81. The molecule has 5 nitrogen and oxygen atoms in total. The molecule has 36 heavy (non-hydrogen) atoms. The molecule has 4 aromatic rings. The van der Waals surface area contributed by atoms with Crippen LogP contribution in [0.4, 0.5) is 0 Å². The van der Waals surface area contributed by atoms with Crippen molar-refractivity contribution < 1.29 is 19.4 Å². The first kappa shape index (κ1) is 23.4. The molecule has 1 aliphatic heterocycles. The van der Waals surface area contributed by atoms with E-state index in [-0.39, 0.29) is 0 Å². The number of ether oxygens (including phenoxy) is 2. The summed E-state index contributed by atoms with van der Waals surface area (Å²) in [5, 5.41) is 10.8. The number of halogens is 1. The number of fused-ring (bicyclic) bond motifs is 5. The molecule has 0 atom stereocenters. The molecular formula is C30H28INO4.